The van der Waals surface area contributed by atoms with E-state index in [0.29, 0.717) is 0 Å². The van der Waals surface area contributed by atoms with Crippen molar-refractivity contribution in [1.29, 1.82) is 0 Å². The molecule has 0 aliphatic carbocycles. The van der Waals surface area contributed by atoms with Crippen molar-refractivity contribution in [1.82, 2.24) is 0 Å². The van der Waals surface area contributed by atoms with Gasteiger partial charge in [0.05, 0.1) is 7.11 Å². The second-order valence-electron chi connectivity index (χ2n) is 5.59. The fraction of sp³-hybridized carbons (Fsp3) is 0.0769. The monoisotopic (exact) mass is 601 g/mol. The minimum Gasteiger partial charge on any atom is -0.522 e. The molecule has 4 heteroatoms. The first kappa shape index (κ1) is 27.8. The summed E-state index contributed by atoms with van der Waals surface area (Å²) < 4.78 is 10.4. The zero-order valence-electron chi connectivity index (χ0n) is 16.9. The van der Waals surface area contributed by atoms with E-state index in [9.17, 15) is 0 Å². The summed E-state index contributed by atoms with van der Waals surface area (Å²) in [4.78, 5) is 0. The Morgan fingerprint density at radius 2 is 0.833 bits per heavy atom. The maximum atomic E-state index is 5.54. The van der Waals surface area contributed by atoms with Crippen molar-refractivity contribution in [3.8, 4) is 17.2 Å². The number of rotatable bonds is 3. The summed E-state index contributed by atoms with van der Waals surface area (Å²) >= 11 is 0. The van der Waals surface area contributed by atoms with E-state index in [-0.39, 0.29) is 39.6 Å². The standard InChI is InChI=1S/C12H8O.C7H7O.C7H7.V.W/c1-3-7-11(8-4-1)13-12-9-5-2-6-10-12;1-8-7-5-3-2-4-6-7;1-7-5-3-2-4-6-7;;/h3-10H;3-6H,1H3;3-6H,1H3;;/q-2;2*-1;2*+2. The van der Waals surface area contributed by atoms with Crippen molar-refractivity contribution >= 4 is 0 Å². The molecule has 0 bridgehead atoms. The Labute approximate surface area is 206 Å². The van der Waals surface area contributed by atoms with Crippen LogP contribution in [-0.4, -0.2) is 7.11 Å². The van der Waals surface area contributed by atoms with Crippen LogP contribution in [0.3, 0.4) is 0 Å². The smallest absolute Gasteiger partial charge is 0.522 e. The minimum atomic E-state index is 0. The van der Waals surface area contributed by atoms with E-state index in [4.69, 9.17) is 9.47 Å². The van der Waals surface area contributed by atoms with Crippen molar-refractivity contribution < 1.29 is 49.1 Å². The maximum Gasteiger partial charge on any atom is 2.00 e. The van der Waals surface area contributed by atoms with E-state index in [1.807, 2.05) is 97.1 Å². The van der Waals surface area contributed by atoms with E-state index >= 15 is 0 Å². The third-order valence-electron chi connectivity index (χ3n) is 3.42. The molecule has 0 aliphatic rings. The summed E-state index contributed by atoms with van der Waals surface area (Å²) in [5, 5.41) is 0. The molecule has 4 rings (SSSR count). The van der Waals surface area contributed by atoms with Crippen molar-refractivity contribution in [2.45, 2.75) is 6.92 Å². The average Bonchev–Trinajstić information content (AvgIpc) is 2.77. The summed E-state index contributed by atoms with van der Waals surface area (Å²) in [6, 6.07) is 41.7. The number of methoxy groups -OCH3 is 1. The van der Waals surface area contributed by atoms with Crippen LogP contribution >= 0.6 is 0 Å². The first-order valence-corrected chi connectivity index (χ1v) is 8.81. The molecule has 30 heavy (non-hydrogen) atoms. The van der Waals surface area contributed by atoms with Crippen LogP contribution in [0.15, 0.2) is 97.1 Å². The summed E-state index contributed by atoms with van der Waals surface area (Å²) in [5.74, 6) is 2.53. The van der Waals surface area contributed by atoms with E-state index in [2.05, 4.69) is 31.2 Å². The third kappa shape index (κ3) is 12.3. The topological polar surface area (TPSA) is 18.5 Å². The van der Waals surface area contributed by atoms with Crippen molar-refractivity contribution in [2.24, 2.45) is 0 Å². The molecule has 0 atom stereocenters. The first-order chi connectivity index (χ1) is 13.8. The fourth-order valence-corrected chi connectivity index (χ4v) is 1.99. The normalized spacial score (nSPS) is 8.47. The van der Waals surface area contributed by atoms with Gasteiger partial charge in [0.15, 0.2) is 0 Å². The Kier molecular flexibility index (Phi) is 16.3. The second kappa shape index (κ2) is 17.6. The Hall–Kier alpha value is -2.25. The van der Waals surface area contributed by atoms with Gasteiger partial charge in [-0.15, -0.1) is 36.4 Å². The quantitative estimate of drug-likeness (QED) is 0.255. The van der Waals surface area contributed by atoms with Gasteiger partial charge in [-0.05, 0) is 0 Å². The van der Waals surface area contributed by atoms with Gasteiger partial charge >= 0.3 is 39.6 Å². The Morgan fingerprint density at radius 1 is 0.533 bits per heavy atom. The molecular weight excluding hydrogens is 579 g/mol. The van der Waals surface area contributed by atoms with Crippen LogP contribution in [0.2, 0.25) is 0 Å². The summed E-state index contributed by atoms with van der Waals surface area (Å²) in [6.07, 6.45) is 0. The number of benzene rings is 4. The molecule has 4 aromatic rings. The van der Waals surface area contributed by atoms with Crippen LogP contribution in [-0.2, 0) is 39.6 Å². The van der Waals surface area contributed by atoms with Gasteiger partial charge in [-0.1, -0.05) is 6.92 Å². The zero-order valence-corrected chi connectivity index (χ0v) is 21.2. The van der Waals surface area contributed by atoms with Crippen LogP contribution in [0, 0.1) is 31.2 Å². The van der Waals surface area contributed by atoms with Gasteiger partial charge in [0.2, 0.25) is 0 Å². The molecular formula is C26H22O2VW. The van der Waals surface area contributed by atoms with E-state index in [1.165, 1.54) is 5.56 Å². The van der Waals surface area contributed by atoms with E-state index < -0.39 is 0 Å². The number of hydrogen-bond donors (Lipinski definition) is 0. The molecule has 149 valence electrons. The van der Waals surface area contributed by atoms with Gasteiger partial charge in [0.1, 0.15) is 0 Å². The van der Waals surface area contributed by atoms with E-state index in [1.54, 1.807) is 7.11 Å². The molecule has 0 unspecified atom stereocenters. The molecule has 0 aliphatic heterocycles. The molecule has 2 nitrogen and oxygen atoms in total. The number of ether oxygens (including phenoxy) is 2. The van der Waals surface area contributed by atoms with Crippen LogP contribution in [0.25, 0.3) is 0 Å². The number of hydrogen-bond acceptors (Lipinski definition) is 2. The first-order valence-electron chi connectivity index (χ1n) is 8.81. The Balaban J connectivity index is 0.000000433. The van der Waals surface area contributed by atoms with Gasteiger partial charge in [0, 0.05) is 17.2 Å². The molecule has 0 fully saturated rings. The molecule has 0 N–H and O–H groups in total. The SMILES string of the molecule is COc1cc[c-]cc1.Cc1cc[c-]cc1.[V+2].[W+2].[c-]1ccc(Oc2cc[c-]cc2)cc1. The van der Waals surface area contributed by atoms with Crippen molar-refractivity contribution in [3.63, 3.8) is 0 Å². The zero-order chi connectivity index (χ0) is 19.9. The van der Waals surface area contributed by atoms with Gasteiger partial charge < -0.3 is 9.47 Å². The Bertz CT molecular complexity index is 836. The molecule has 0 amide bonds. The minimum absolute atomic E-state index is 0. The molecule has 1 radical (unpaired) electrons. The summed E-state index contributed by atoms with van der Waals surface area (Å²) in [5.41, 5.74) is 1.29. The molecule has 4 aromatic carbocycles. The van der Waals surface area contributed by atoms with Crippen molar-refractivity contribution in [2.75, 3.05) is 7.11 Å². The van der Waals surface area contributed by atoms with Crippen LogP contribution in [0.1, 0.15) is 5.56 Å². The second-order valence-corrected chi connectivity index (χ2v) is 5.59. The van der Waals surface area contributed by atoms with Gasteiger partial charge in [0.25, 0.3) is 0 Å². The predicted octanol–water partition coefficient (Wildman–Crippen LogP) is 6.36. The molecule has 0 saturated heterocycles. The van der Waals surface area contributed by atoms with Gasteiger partial charge in [-0.25, -0.2) is 0 Å². The third-order valence-corrected chi connectivity index (χ3v) is 3.42. The largest absolute Gasteiger partial charge is 2.00 e. The maximum absolute atomic E-state index is 5.54. The number of aryl methyl sites for hydroxylation is 1. The summed E-state index contributed by atoms with van der Waals surface area (Å²) in [6.45, 7) is 2.06. The van der Waals surface area contributed by atoms with Gasteiger partial charge in [-0.2, -0.15) is 90.5 Å². The molecule has 0 spiro atoms. The molecule has 0 heterocycles. The van der Waals surface area contributed by atoms with Crippen LogP contribution in [0.5, 0.6) is 17.2 Å². The predicted molar refractivity (Wildman–Crippen MR) is 112 cm³/mol. The van der Waals surface area contributed by atoms with Crippen LogP contribution < -0.4 is 9.47 Å². The van der Waals surface area contributed by atoms with Crippen molar-refractivity contribution in [3.05, 3.63) is 127 Å². The average molecular weight is 601 g/mol. The van der Waals surface area contributed by atoms with Gasteiger partial charge in [-0.3, -0.25) is 0 Å². The Morgan fingerprint density at radius 3 is 1.07 bits per heavy atom. The summed E-state index contributed by atoms with van der Waals surface area (Å²) in [7, 11) is 1.65. The molecule has 0 saturated carbocycles. The van der Waals surface area contributed by atoms with Crippen LogP contribution in [0.4, 0.5) is 0 Å². The van der Waals surface area contributed by atoms with E-state index in [0.717, 1.165) is 17.2 Å². The molecule has 0 aromatic heterocycles. The fourth-order valence-electron chi connectivity index (χ4n) is 1.99.